The van der Waals surface area contributed by atoms with Gasteiger partial charge < -0.3 is 18.9 Å². The minimum atomic E-state index is -0.495. The lowest BCUT2D eigenvalue weighted by atomic mass is 9.66. The summed E-state index contributed by atoms with van der Waals surface area (Å²) in [6.07, 6.45) is 11.5. The highest BCUT2D eigenvalue weighted by atomic mass is 16.6. The predicted octanol–water partition coefficient (Wildman–Crippen LogP) is 6.54. The highest BCUT2D eigenvalue weighted by molar-refractivity contribution is 5.90. The third-order valence-corrected chi connectivity index (χ3v) is 8.48. The summed E-state index contributed by atoms with van der Waals surface area (Å²) in [5.74, 6) is 2.55. The fourth-order valence-corrected chi connectivity index (χ4v) is 6.12. The van der Waals surface area contributed by atoms with Crippen LogP contribution >= 0.6 is 0 Å². The fourth-order valence-electron chi connectivity index (χ4n) is 6.12. The minimum Gasteiger partial charge on any atom is -0.493 e. The first-order valence-corrected chi connectivity index (χ1v) is 14.2. The Morgan fingerprint density at radius 1 is 0.947 bits per heavy atom. The summed E-state index contributed by atoms with van der Waals surface area (Å²) in [6.45, 7) is 8.50. The molecule has 1 aromatic rings. The molecule has 7 nitrogen and oxygen atoms in total. The van der Waals surface area contributed by atoms with Crippen LogP contribution in [-0.2, 0) is 19.1 Å². The van der Waals surface area contributed by atoms with Crippen molar-refractivity contribution in [3.05, 3.63) is 36.4 Å². The molecule has 0 bridgehead atoms. The van der Waals surface area contributed by atoms with E-state index in [0.717, 1.165) is 55.4 Å². The summed E-state index contributed by atoms with van der Waals surface area (Å²) in [7, 11) is 1.48. The third kappa shape index (κ3) is 8.34. The van der Waals surface area contributed by atoms with Crippen LogP contribution in [0.2, 0.25) is 0 Å². The molecule has 2 saturated carbocycles. The number of hydrogen-bond donors (Lipinski definition) is 0. The lowest BCUT2D eigenvalue weighted by Gasteiger charge is -2.40. The van der Waals surface area contributed by atoms with Crippen molar-refractivity contribution in [1.29, 1.82) is 0 Å². The number of esters is 3. The van der Waals surface area contributed by atoms with Crippen LogP contribution in [0.25, 0.3) is 0 Å². The molecule has 3 atom stereocenters. The first-order valence-electron chi connectivity index (χ1n) is 14.2. The van der Waals surface area contributed by atoms with Gasteiger partial charge in [-0.15, -0.1) is 0 Å². The van der Waals surface area contributed by atoms with E-state index in [-0.39, 0.29) is 25.1 Å². The van der Waals surface area contributed by atoms with Gasteiger partial charge >= 0.3 is 17.9 Å². The molecule has 3 unspecified atom stereocenters. The molecular formula is C31H44O7. The second kappa shape index (κ2) is 14.9. The van der Waals surface area contributed by atoms with Gasteiger partial charge in [-0.1, -0.05) is 26.8 Å². The van der Waals surface area contributed by atoms with Gasteiger partial charge in [-0.25, -0.2) is 9.59 Å². The Morgan fingerprint density at radius 2 is 1.63 bits per heavy atom. The highest BCUT2D eigenvalue weighted by Crippen LogP contribution is 2.44. The number of rotatable bonds is 12. The molecule has 1 aromatic carbocycles. The summed E-state index contributed by atoms with van der Waals surface area (Å²) < 4.78 is 21.3. The van der Waals surface area contributed by atoms with Crippen molar-refractivity contribution in [2.45, 2.75) is 78.1 Å². The minimum absolute atomic E-state index is 0.101. The Morgan fingerprint density at radius 3 is 2.26 bits per heavy atom. The average molecular weight is 529 g/mol. The van der Waals surface area contributed by atoms with Crippen molar-refractivity contribution in [2.75, 3.05) is 20.3 Å². The van der Waals surface area contributed by atoms with E-state index in [0.29, 0.717) is 29.9 Å². The molecule has 2 fully saturated rings. The SMILES string of the molecule is C=CC(=O)OCCCCOC(=O)c1ccc(OC(=O)C2CCC(C3CCC(CC)C(C)C3)CC2)c(OC)c1. The van der Waals surface area contributed by atoms with Crippen LogP contribution in [0.4, 0.5) is 0 Å². The van der Waals surface area contributed by atoms with Crippen molar-refractivity contribution in [3.8, 4) is 11.5 Å². The van der Waals surface area contributed by atoms with E-state index < -0.39 is 11.9 Å². The van der Waals surface area contributed by atoms with E-state index >= 15 is 0 Å². The number of methoxy groups -OCH3 is 1. The smallest absolute Gasteiger partial charge is 0.338 e. The number of hydrogen-bond acceptors (Lipinski definition) is 7. The maximum absolute atomic E-state index is 13.0. The molecule has 7 heteroatoms. The Bertz CT molecular complexity index is 948. The van der Waals surface area contributed by atoms with E-state index in [1.807, 2.05) is 0 Å². The Hall–Kier alpha value is -2.83. The Balaban J connectivity index is 1.44. The van der Waals surface area contributed by atoms with Gasteiger partial charge in [0.25, 0.3) is 0 Å². The molecule has 0 heterocycles. The van der Waals surface area contributed by atoms with Gasteiger partial charge in [-0.2, -0.15) is 0 Å². The molecule has 0 amide bonds. The van der Waals surface area contributed by atoms with Gasteiger partial charge in [0.15, 0.2) is 11.5 Å². The van der Waals surface area contributed by atoms with E-state index in [9.17, 15) is 14.4 Å². The van der Waals surface area contributed by atoms with Crippen molar-refractivity contribution in [3.63, 3.8) is 0 Å². The van der Waals surface area contributed by atoms with Crippen LogP contribution in [0.5, 0.6) is 11.5 Å². The molecule has 0 N–H and O–H groups in total. The van der Waals surface area contributed by atoms with Gasteiger partial charge in [0.1, 0.15) is 0 Å². The van der Waals surface area contributed by atoms with E-state index in [2.05, 4.69) is 20.4 Å². The molecule has 38 heavy (non-hydrogen) atoms. The van der Waals surface area contributed by atoms with Crippen LogP contribution in [0.1, 0.15) is 88.4 Å². The second-order valence-corrected chi connectivity index (χ2v) is 10.8. The molecule has 210 valence electrons. The maximum atomic E-state index is 13.0. The summed E-state index contributed by atoms with van der Waals surface area (Å²) >= 11 is 0. The Kier molecular flexibility index (Phi) is 11.7. The number of benzene rings is 1. The Labute approximate surface area is 227 Å². The van der Waals surface area contributed by atoms with Crippen LogP contribution in [0.15, 0.2) is 30.9 Å². The van der Waals surface area contributed by atoms with Gasteiger partial charge in [0.05, 0.1) is 31.8 Å². The molecule has 3 rings (SSSR count). The third-order valence-electron chi connectivity index (χ3n) is 8.48. The molecule has 0 aromatic heterocycles. The second-order valence-electron chi connectivity index (χ2n) is 10.8. The van der Waals surface area contributed by atoms with Crippen molar-refractivity contribution in [1.82, 2.24) is 0 Å². The number of carbonyl (C=O) groups excluding carboxylic acids is 3. The van der Waals surface area contributed by atoms with Gasteiger partial charge in [0.2, 0.25) is 0 Å². The van der Waals surface area contributed by atoms with Crippen LogP contribution in [0, 0.1) is 29.6 Å². The molecule has 0 aliphatic heterocycles. The standard InChI is InChI=1S/C31H44O7/c1-5-22-9-14-25(19-21(22)3)23-10-12-24(13-11-23)31(34)38-27-16-15-26(20-28(27)35-4)30(33)37-18-8-7-17-36-29(32)6-2/h6,15-16,20-25H,2,5,7-14,17-19H2,1,3-4H3. The van der Waals surface area contributed by atoms with Crippen LogP contribution in [-0.4, -0.2) is 38.2 Å². The number of carbonyl (C=O) groups is 3. The molecule has 0 saturated heterocycles. The van der Waals surface area contributed by atoms with Crippen molar-refractivity contribution < 1.29 is 33.3 Å². The van der Waals surface area contributed by atoms with E-state index in [1.165, 1.54) is 38.9 Å². The first kappa shape index (κ1) is 29.7. The summed E-state index contributed by atoms with van der Waals surface area (Å²) in [4.78, 5) is 36.4. The quantitative estimate of drug-likeness (QED) is 0.132. The number of ether oxygens (including phenoxy) is 4. The summed E-state index contributed by atoms with van der Waals surface area (Å²) in [5, 5.41) is 0. The van der Waals surface area contributed by atoms with E-state index in [1.54, 1.807) is 12.1 Å². The van der Waals surface area contributed by atoms with Gasteiger partial charge in [-0.05, 0) is 99.7 Å². The van der Waals surface area contributed by atoms with Crippen LogP contribution < -0.4 is 9.47 Å². The zero-order valence-electron chi connectivity index (χ0n) is 23.2. The first-order chi connectivity index (χ1) is 18.4. The average Bonchev–Trinajstić information content (AvgIpc) is 2.94. The molecule has 2 aliphatic carbocycles. The molecular weight excluding hydrogens is 484 g/mol. The van der Waals surface area contributed by atoms with Gasteiger partial charge in [0, 0.05) is 6.08 Å². The fraction of sp³-hybridized carbons (Fsp3) is 0.645. The van der Waals surface area contributed by atoms with Crippen molar-refractivity contribution >= 4 is 17.9 Å². The lowest BCUT2D eigenvalue weighted by Crippen LogP contribution is -2.32. The monoisotopic (exact) mass is 528 g/mol. The summed E-state index contributed by atoms with van der Waals surface area (Å²) in [6, 6.07) is 4.69. The van der Waals surface area contributed by atoms with Crippen molar-refractivity contribution in [2.24, 2.45) is 29.6 Å². The summed E-state index contributed by atoms with van der Waals surface area (Å²) in [5.41, 5.74) is 0.312. The molecule has 0 radical (unpaired) electrons. The highest BCUT2D eigenvalue weighted by Gasteiger charge is 2.35. The number of unbranched alkanes of at least 4 members (excludes halogenated alkanes) is 1. The zero-order chi connectivity index (χ0) is 27.5. The lowest BCUT2D eigenvalue weighted by molar-refractivity contribution is -0.140. The maximum Gasteiger partial charge on any atom is 0.338 e. The van der Waals surface area contributed by atoms with Crippen LogP contribution in [0.3, 0.4) is 0 Å². The molecule has 2 aliphatic rings. The zero-order valence-corrected chi connectivity index (χ0v) is 23.2. The largest absolute Gasteiger partial charge is 0.493 e. The van der Waals surface area contributed by atoms with Gasteiger partial charge in [-0.3, -0.25) is 4.79 Å². The normalized spacial score (nSPS) is 25.2. The predicted molar refractivity (Wildman–Crippen MR) is 145 cm³/mol. The topological polar surface area (TPSA) is 88.1 Å². The molecule has 0 spiro atoms. The van der Waals surface area contributed by atoms with E-state index in [4.69, 9.17) is 18.9 Å².